The summed E-state index contributed by atoms with van der Waals surface area (Å²) in [6.07, 6.45) is 6.24. The maximum Gasteiger partial charge on any atom is 0.189 e. The van der Waals surface area contributed by atoms with Crippen LogP contribution in [-0.4, -0.2) is 35.4 Å². The molecule has 1 aromatic heterocycles. The van der Waals surface area contributed by atoms with E-state index in [1.165, 1.54) is 12.8 Å². The van der Waals surface area contributed by atoms with Gasteiger partial charge in [0, 0.05) is 18.8 Å². The summed E-state index contributed by atoms with van der Waals surface area (Å²) < 4.78 is 0. The summed E-state index contributed by atoms with van der Waals surface area (Å²) in [6.45, 7) is 2.16. The fourth-order valence-electron chi connectivity index (χ4n) is 1.70. The number of nitrogens with zero attached hydrogens (tertiary/aromatic N) is 2. The zero-order valence-electron chi connectivity index (χ0n) is 8.86. The molecule has 0 aliphatic carbocycles. The molecule has 0 bridgehead atoms. The van der Waals surface area contributed by atoms with E-state index in [1.54, 1.807) is 18.0 Å². The number of rotatable bonds is 3. The number of piperidine rings is 1. The van der Waals surface area contributed by atoms with E-state index in [2.05, 4.69) is 20.6 Å². The van der Waals surface area contributed by atoms with Gasteiger partial charge < -0.3 is 10.6 Å². The molecule has 4 nitrogen and oxygen atoms in total. The fraction of sp³-hybridized carbons (Fsp3) is 0.600. The Morgan fingerprint density at radius 1 is 1.60 bits per heavy atom. The molecule has 0 unspecified atom stereocenters. The molecule has 1 aliphatic heterocycles. The predicted molar refractivity (Wildman–Crippen MR) is 63.3 cm³/mol. The highest BCUT2D eigenvalue weighted by atomic mass is 32.2. The average Bonchev–Trinajstić information content (AvgIpc) is 2.31. The van der Waals surface area contributed by atoms with Crippen LogP contribution in [-0.2, 0) is 0 Å². The number of hydrogen-bond donors (Lipinski definition) is 2. The van der Waals surface area contributed by atoms with E-state index in [0.717, 1.165) is 24.1 Å². The minimum Gasteiger partial charge on any atom is -0.366 e. The molecule has 1 aliphatic rings. The van der Waals surface area contributed by atoms with Crippen molar-refractivity contribution in [1.82, 2.24) is 15.3 Å². The molecule has 15 heavy (non-hydrogen) atoms. The molecule has 0 radical (unpaired) electrons. The highest BCUT2D eigenvalue weighted by molar-refractivity contribution is 7.98. The Balaban J connectivity index is 1.96. The van der Waals surface area contributed by atoms with E-state index in [9.17, 15) is 0 Å². The second-order valence-electron chi connectivity index (χ2n) is 3.62. The lowest BCUT2D eigenvalue weighted by molar-refractivity contribution is 0.478. The van der Waals surface area contributed by atoms with Crippen molar-refractivity contribution in [3.05, 3.63) is 12.3 Å². The molecule has 1 atom stereocenters. The van der Waals surface area contributed by atoms with Gasteiger partial charge in [0.1, 0.15) is 5.82 Å². The van der Waals surface area contributed by atoms with Crippen LogP contribution in [0.2, 0.25) is 0 Å². The summed E-state index contributed by atoms with van der Waals surface area (Å²) in [6, 6.07) is 2.43. The summed E-state index contributed by atoms with van der Waals surface area (Å²) in [5.74, 6) is 0.933. The van der Waals surface area contributed by atoms with Gasteiger partial charge in [-0.3, -0.25) is 0 Å². The minimum atomic E-state index is 0.503. The van der Waals surface area contributed by atoms with Crippen molar-refractivity contribution >= 4 is 17.6 Å². The first-order valence-corrected chi connectivity index (χ1v) is 6.45. The van der Waals surface area contributed by atoms with Crippen LogP contribution in [0.1, 0.15) is 12.8 Å². The lowest BCUT2D eigenvalue weighted by Gasteiger charge is -2.24. The largest absolute Gasteiger partial charge is 0.366 e. The maximum atomic E-state index is 4.40. The van der Waals surface area contributed by atoms with E-state index in [-0.39, 0.29) is 0 Å². The van der Waals surface area contributed by atoms with Crippen molar-refractivity contribution in [2.75, 3.05) is 24.7 Å². The van der Waals surface area contributed by atoms with Crippen LogP contribution in [0.5, 0.6) is 0 Å². The second-order valence-corrected chi connectivity index (χ2v) is 4.39. The Labute approximate surface area is 94.3 Å². The average molecular weight is 224 g/mol. The van der Waals surface area contributed by atoms with E-state index in [1.807, 2.05) is 12.3 Å². The molecule has 0 spiro atoms. The zero-order valence-corrected chi connectivity index (χ0v) is 9.68. The zero-order chi connectivity index (χ0) is 10.5. The van der Waals surface area contributed by atoms with Crippen molar-refractivity contribution < 1.29 is 0 Å². The second kappa shape index (κ2) is 5.32. The molecule has 1 aromatic rings. The Morgan fingerprint density at radius 2 is 2.53 bits per heavy atom. The van der Waals surface area contributed by atoms with Gasteiger partial charge in [-0.1, -0.05) is 11.8 Å². The van der Waals surface area contributed by atoms with Gasteiger partial charge in [-0.15, -0.1) is 0 Å². The highest BCUT2D eigenvalue weighted by Crippen LogP contribution is 2.13. The maximum absolute atomic E-state index is 4.40. The molecule has 0 aromatic carbocycles. The third kappa shape index (κ3) is 3.07. The van der Waals surface area contributed by atoms with Crippen LogP contribution in [0.15, 0.2) is 17.4 Å². The first kappa shape index (κ1) is 10.7. The fourth-order valence-corrected chi connectivity index (χ4v) is 2.06. The molecule has 1 saturated heterocycles. The Bertz CT molecular complexity index is 312. The van der Waals surface area contributed by atoms with Crippen LogP contribution >= 0.6 is 11.8 Å². The normalized spacial score (nSPS) is 21.3. The predicted octanol–water partition coefficient (Wildman–Crippen LogP) is 1.36. The van der Waals surface area contributed by atoms with Crippen molar-refractivity contribution in [3.63, 3.8) is 0 Å². The molecule has 82 valence electrons. The number of nitrogens with one attached hydrogen (secondary N) is 2. The number of anilines is 1. The van der Waals surface area contributed by atoms with Gasteiger partial charge in [0.25, 0.3) is 0 Å². The van der Waals surface area contributed by atoms with Crippen molar-refractivity contribution in [1.29, 1.82) is 0 Å². The number of aromatic nitrogens is 2. The SMILES string of the molecule is CSc1nccc(N[C@@H]2CCCNC2)n1. The van der Waals surface area contributed by atoms with Crippen molar-refractivity contribution in [2.24, 2.45) is 0 Å². The summed E-state index contributed by atoms with van der Waals surface area (Å²) in [4.78, 5) is 8.55. The minimum absolute atomic E-state index is 0.503. The van der Waals surface area contributed by atoms with Gasteiger partial charge in [0.2, 0.25) is 0 Å². The third-order valence-corrected chi connectivity index (χ3v) is 3.03. The monoisotopic (exact) mass is 224 g/mol. The van der Waals surface area contributed by atoms with Gasteiger partial charge in [-0.05, 0) is 31.7 Å². The van der Waals surface area contributed by atoms with Gasteiger partial charge in [-0.25, -0.2) is 9.97 Å². The first-order chi connectivity index (χ1) is 7.38. The molecule has 2 N–H and O–H groups in total. The van der Waals surface area contributed by atoms with Gasteiger partial charge in [0.05, 0.1) is 0 Å². The standard InChI is InChI=1S/C10H16N4S/c1-15-10-12-6-4-9(14-10)13-8-3-2-5-11-7-8/h4,6,8,11H,2-3,5,7H2,1H3,(H,12,13,14)/t8-/m1/s1. The number of hydrogen-bond acceptors (Lipinski definition) is 5. The molecule has 1 fully saturated rings. The van der Waals surface area contributed by atoms with E-state index < -0.39 is 0 Å². The summed E-state index contributed by atoms with van der Waals surface area (Å²) in [7, 11) is 0. The highest BCUT2D eigenvalue weighted by Gasteiger charge is 2.12. The van der Waals surface area contributed by atoms with Gasteiger partial charge >= 0.3 is 0 Å². The first-order valence-electron chi connectivity index (χ1n) is 5.23. The number of thioether (sulfide) groups is 1. The van der Waals surface area contributed by atoms with Crippen molar-refractivity contribution in [3.8, 4) is 0 Å². The third-order valence-electron chi connectivity index (χ3n) is 2.46. The summed E-state index contributed by atoms with van der Waals surface area (Å²) in [5.41, 5.74) is 0. The topological polar surface area (TPSA) is 49.8 Å². The van der Waals surface area contributed by atoms with Crippen LogP contribution in [0, 0.1) is 0 Å². The van der Waals surface area contributed by atoms with Crippen LogP contribution in [0.4, 0.5) is 5.82 Å². The molecular weight excluding hydrogens is 208 g/mol. The van der Waals surface area contributed by atoms with Crippen LogP contribution < -0.4 is 10.6 Å². The summed E-state index contributed by atoms with van der Waals surface area (Å²) in [5, 5.41) is 7.62. The van der Waals surface area contributed by atoms with E-state index >= 15 is 0 Å². The molecular formula is C10H16N4S. The van der Waals surface area contributed by atoms with Crippen LogP contribution in [0.3, 0.4) is 0 Å². The Kier molecular flexibility index (Phi) is 3.80. The van der Waals surface area contributed by atoms with Gasteiger partial charge in [0.15, 0.2) is 5.16 Å². The smallest absolute Gasteiger partial charge is 0.189 e. The molecule has 0 amide bonds. The molecule has 2 heterocycles. The van der Waals surface area contributed by atoms with Gasteiger partial charge in [-0.2, -0.15) is 0 Å². The summed E-state index contributed by atoms with van der Waals surface area (Å²) >= 11 is 1.57. The molecule has 2 rings (SSSR count). The van der Waals surface area contributed by atoms with E-state index in [0.29, 0.717) is 6.04 Å². The molecule has 0 saturated carbocycles. The van der Waals surface area contributed by atoms with Crippen molar-refractivity contribution in [2.45, 2.75) is 24.0 Å². The lowest BCUT2D eigenvalue weighted by atomic mass is 10.1. The van der Waals surface area contributed by atoms with E-state index in [4.69, 9.17) is 0 Å². The Hall–Kier alpha value is -0.810. The van der Waals surface area contributed by atoms with Crippen LogP contribution in [0.25, 0.3) is 0 Å². The lowest BCUT2D eigenvalue weighted by Crippen LogP contribution is -2.38. The quantitative estimate of drug-likeness (QED) is 0.600. The molecule has 5 heteroatoms. The Morgan fingerprint density at radius 3 is 3.27 bits per heavy atom.